The Morgan fingerprint density at radius 3 is 2.49 bits per heavy atom. The highest BCUT2D eigenvalue weighted by Crippen LogP contribution is 2.35. The minimum absolute atomic E-state index is 0.157. The molecule has 0 radical (unpaired) electrons. The topological polar surface area (TPSA) is 111 Å². The highest BCUT2D eigenvalue weighted by molar-refractivity contribution is 6.31. The van der Waals surface area contributed by atoms with E-state index in [0.717, 1.165) is 10.9 Å². The fraction of sp³-hybridized carbons (Fsp3) is 0.0741. The Morgan fingerprint density at radius 1 is 0.919 bits per heavy atom. The summed E-state index contributed by atoms with van der Waals surface area (Å²) >= 11 is 5.96. The summed E-state index contributed by atoms with van der Waals surface area (Å²) < 4.78 is 11.6. The monoisotopic (exact) mass is 512 g/mol. The molecular formula is C27H21ClN6O3. The summed E-state index contributed by atoms with van der Waals surface area (Å²) in [6, 6.07) is 20.1. The van der Waals surface area contributed by atoms with E-state index in [1.54, 1.807) is 43.8 Å². The van der Waals surface area contributed by atoms with Crippen molar-refractivity contribution in [3.63, 3.8) is 0 Å². The number of halogens is 1. The number of fused-ring (bicyclic) bond motifs is 1. The zero-order chi connectivity index (χ0) is 25.6. The Bertz CT molecular complexity index is 1550. The number of aromatic nitrogens is 4. The number of methoxy groups -OCH3 is 1. The minimum Gasteiger partial charge on any atom is -0.493 e. The Labute approximate surface area is 217 Å². The van der Waals surface area contributed by atoms with Crippen LogP contribution in [0.15, 0.2) is 85.5 Å². The highest BCUT2D eigenvalue weighted by atomic mass is 35.5. The van der Waals surface area contributed by atoms with Gasteiger partial charge in [0.1, 0.15) is 18.8 Å². The first-order valence-corrected chi connectivity index (χ1v) is 11.6. The molecule has 0 unspecified atom stereocenters. The van der Waals surface area contributed by atoms with Crippen LogP contribution in [0.4, 0.5) is 17.5 Å². The average molecular weight is 513 g/mol. The molecular weight excluding hydrogens is 492 g/mol. The van der Waals surface area contributed by atoms with Gasteiger partial charge in [-0.05, 0) is 29.8 Å². The van der Waals surface area contributed by atoms with Gasteiger partial charge in [-0.3, -0.25) is 10.1 Å². The molecule has 9 nitrogen and oxygen atoms in total. The van der Waals surface area contributed by atoms with Crippen molar-refractivity contribution in [2.75, 3.05) is 17.7 Å². The average Bonchev–Trinajstić information content (AvgIpc) is 2.93. The third kappa shape index (κ3) is 5.74. The molecule has 2 N–H and O–H groups in total. The molecule has 0 aliphatic rings. The van der Waals surface area contributed by atoms with E-state index in [-0.39, 0.29) is 11.9 Å². The van der Waals surface area contributed by atoms with Gasteiger partial charge in [-0.2, -0.15) is 0 Å². The molecule has 37 heavy (non-hydrogen) atoms. The molecule has 1 amide bonds. The second kappa shape index (κ2) is 10.9. The summed E-state index contributed by atoms with van der Waals surface area (Å²) in [4.78, 5) is 29.6. The number of carbonyl (C=O) groups is 1. The first kappa shape index (κ1) is 24.0. The zero-order valence-electron chi connectivity index (χ0n) is 19.7. The summed E-state index contributed by atoms with van der Waals surface area (Å²) in [6.07, 6.45) is 4.55. The smallest absolute Gasteiger partial charge is 0.258 e. The molecule has 10 heteroatoms. The molecule has 5 rings (SSSR count). The fourth-order valence-corrected chi connectivity index (χ4v) is 3.76. The van der Waals surface area contributed by atoms with Crippen molar-refractivity contribution in [3.05, 3.63) is 102 Å². The third-order valence-corrected chi connectivity index (χ3v) is 5.62. The van der Waals surface area contributed by atoms with Crippen molar-refractivity contribution < 1.29 is 14.3 Å². The van der Waals surface area contributed by atoms with Gasteiger partial charge >= 0.3 is 0 Å². The molecule has 3 aromatic carbocycles. The van der Waals surface area contributed by atoms with Crippen LogP contribution < -0.4 is 20.1 Å². The highest BCUT2D eigenvalue weighted by Gasteiger charge is 2.13. The van der Waals surface area contributed by atoms with Crippen LogP contribution in [0.5, 0.6) is 11.5 Å². The van der Waals surface area contributed by atoms with E-state index in [9.17, 15) is 4.79 Å². The molecule has 0 spiro atoms. The van der Waals surface area contributed by atoms with Gasteiger partial charge in [0.15, 0.2) is 11.5 Å². The lowest BCUT2D eigenvalue weighted by Gasteiger charge is -2.14. The van der Waals surface area contributed by atoms with Crippen molar-refractivity contribution in [2.45, 2.75) is 6.61 Å². The minimum atomic E-state index is -0.359. The van der Waals surface area contributed by atoms with Crippen LogP contribution in [-0.2, 0) is 6.61 Å². The van der Waals surface area contributed by atoms with Crippen molar-refractivity contribution in [1.82, 2.24) is 19.9 Å². The predicted molar refractivity (Wildman–Crippen MR) is 142 cm³/mol. The van der Waals surface area contributed by atoms with Crippen LogP contribution in [-0.4, -0.2) is 33.0 Å². The number of anilines is 3. The molecule has 2 heterocycles. The predicted octanol–water partition coefficient (Wildman–Crippen LogP) is 5.66. The number of nitrogens with zero attached hydrogens (tertiary/aromatic N) is 4. The Balaban J connectivity index is 1.32. The molecule has 0 fully saturated rings. The first-order valence-electron chi connectivity index (χ1n) is 11.2. The summed E-state index contributed by atoms with van der Waals surface area (Å²) in [6.45, 7) is 0.399. The Hall–Kier alpha value is -4.76. The van der Waals surface area contributed by atoms with Crippen LogP contribution in [0.1, 0.15) is 15.9 Å². The van der Waals surface area contributed by atoms with Gasteiger partial charge in [0.05, 0.1) is 30.7 Å². The van der Waals surface area contributed by atoms with Gasteiger partial charge in [0, 0.05) is 22.0 Å². The van der Waals surface area contributed by atoms with E-state index >= 15 is 0 Å². The van der Waals surface area contributed by atoms with Gasteiger partial charge in [-0.25, -0.2) is 19.9 Å². The maximum absolute atomic E-state index is 12.4. The lowest BCUT2D eigenvalue weighted by molar-refractivity contribution is 0.102. The molecule has 0 bridgehead atoms. The van der Waals surface area contributed by atoms with E-state index in [1.807, 2.05) is 42.5 Å². The van der Waals surface area contributed by atoms with Gasteiger partial charge in [-0.1, -0.05) is 48.0 Å². The summed E-state index contributed by atoms with van der Waals surface area (Å²) in [5.41, 5.74) is 2.70. The number of carbonyl (C=O) groups excluding carboxylic acids is 1. The third-order valence-electron chi connectivity index (χ3n) is 5.38. The maximum Gasteiger partial charge on any atom is 0.258 e. The van der Waals surface area contributed by atoms with E-state index in [4.69, 9.17) is 21.1 Å². The van der Waals surface area contributed by atoms with Crippen molar-refractivity contribution in [1.29, 1.82) is 0 Å². The first-order chi connectivity index (χ1) is 18.1. The second-order valence-corrected chi connectivity index (χ2v) is 8.34. The number of amides is 1. The van der Waals surface area contributed by atoms with E-state index < -0.39 is 0 Å². The fourth-order valence-electron chi connectivity index (χ4n) is 3.57. The number of hydrogen-bond donors (Lipinski definition) is 2. The SMILES string of the molecule is COc1cc2c(Nc3cnc(NC(=O)c4cccc(Cl)c4)nc3)ncnc2cc1OCc1ccccc1. The molecule has 5 aromatic rings. The summed E-state index contributed by atoms with van der Waals surface area (Å²) in [5.74, 6) is 1.47. The molecule has 0 saturated carbocycles. The lowest BCUT2D eigenvalue weighted by atomic mass is 10.2. The van der Waals surface area contributed by atoms with Crippen LogP contribution in [0.3, 0.4) is 0 Å². The molecule has 0 saturated heterocycles. The Kier molecular flexibility index (Phi) is 7.05. The van der Waals surface area contributed by atoms with Crippen molar-refractivity contribution in [3.8, 4) is 11.5 Å². The normalized spacial score (nSPS) is 10.6. The van der Waals surface area contributed by atoms with Gasteiger partial charge in [-0.15, -0.1) is 0 Å². The molecule has 0 aliphatic carbocycles. The number of rotatable bonds is 8. The second-order valence-electron chi connectivity index (χ2n) is 7.90. The van der Waals surface area contributed by atoms with Crippen LogP contribution in [0.25, 0.3) is 10.9 Å². The summed E-state index contributed by atoms with van der Waals surface area (Å²) in [5, 5.41) is 7.04. The number of ether oxygens (including phenoxy) is 2. The Morgan fingerprint density at radius 2 is 1.73 bits per heavy atom. The van der Waals surface area contributed by atoms with E-state index in [2.05, 4.69) is 30.6 Å². The van der Waals surface area contributed by atoms with Crippen molar-refractivity contribution >= 4 is 45.9 Å². The molecule has 0 atom stereocenters. The maximum atomic E-state index is 12.4. The molecule has 184 valence electrons. The van der Waals surface area contributed by atoms with Crippen molar-refractivity contribution in [2.24, 2.45) is 0 Å². The van der Waals surface area contributed by atoms with Crippen LogP contribution in [0.2, 0.25) is 5.02 Å². The lowest BCUT2D eigenvalue weighted by Crippen LogP contribution is -2.14. The largest absolute Gasteiger partial charge is 0.493 e. The van der Waals surface area contributed by atoms with Crippen LogP contribution >= 0.6 is 11.6 Å². The number of benzene rings is 3. The molecule has 2 aromatic heterocycles. The number of hydrogen-bond acceptors (Lipinski definition) is 8. The van der Waals surface area contributed by atoms with Crippen LogP contribution in [0, 0.1) is 0 Å². The van der Waals surface area contributed by atoms with Gasteiger partial charge in [0.25, 0.3) is 5.91 Å². The van der Waals surface area contributed by atoms with E-state index in [1.165, 1.54) is 6.33 Å². The quantitative estimate of drug-likeness (QED) is 0.274. The van der Waals surface area contributed by atoms with Gasteiger partial charge in [0.2, 0.25) is 5.95 Å². The number of nitrogens with one attached hydrogen (secondary N) is 2. The summed E-state index contributed by atoms with van der Waals surface area (Å²) in [7, 11) is 1.58. The standard InChI is InChI=1S/C27H21ClN6O3/c1-36-23-11-21-22(12-24(23)37-15-17-6-3-2-4-7-17)31-16-32-25(21)33-20-13-29-27(30-14-20)34-26(35)18-8-5-9-19(28)10-18/h2-14,16H,15H2,1H3,(H,31,32,33)(H,29,30,34,35). The van der Waals surface area contributed by atoms with E-state index in [0.29, 0.717) is 45.7 Å². The zero-order valence-corrected chi connectivity index (χ0v) is 20.4. The molecule has 0 aliphatic heterocycles. The van der Waals surface area contributed by atoms with Gasteiger partial charge < -0.3 is 14.8 Å².